The Balaban J connectivity index is 5.36. The Hall–Kier alpha value is 0.0500. The molecule has 0 aliphatic heterocycles. The Morgan fingerprint density at radius 2 is 0.585 bits per heavy atom. The third-order valence-electron chi connectivity index (χ3n) is 9.05. The van der Waals surface area contributed by atoms with Gasteiger partial charge in [-0.15, -0.1) is 0 Å². The zero-order valence-electron chi connectivity index (χ0n) is 37.6. The fraction of sp³-hybridized carbons (Fsp3) is 0.806. The van der Waals surface area contributed by atoms with Crippen molar-refractivity contribution < 1.29 is 5.11 Å². The van der Waals surface area contributed by atoms with Gasteiger partial charge in [-0.25, -0.2) is 0 Å². The van der Waals surface area contributed by atoms with Gasteiger partial charge in [-0.3, -0.25) is 0 Å². The van der Waals surface area contributed by atoms with Crippen LogP contribution in [0.5, 0.6) is 0 Å². The van der Waals surface area contributed by atoms with E-state index in [-0.39, 0.29) is 6.61 Å². The van der Waals surface area contributed by atoms with Crippen molar-refractivity contribution in [2.75, 3.05) is 162 Å². The molecule has 53 heavy (non-hydrogen) atoms. The normalized spacial score (nSPS) is 14.6. The van der Waals surface area contributed by atoms with Crippen LogP contribution >= 0.6 is 37.9 Å². The summed E-state index contributed by atoms with van der Waals surface area (Å²) in [6.45, 7) is 0.623. The van der Waals surface area contributed by atoms with Crippen LogP contribution in [0, 0.1) is 0 Å². The average Bonchev–Trinajstić information content (AvgIpc) is 3.02. The molecule has 0 fully saturated rings. The SMILES string of the molecule is CN(C)P(=N[PH](N=P(N(C)C)(N(C)C)N(C)C)(N=P(N(C)C)(N(C)C)N(C)C)N=P(N(C)C)(N(C)C)N(C)Cc1ccc(CO)cc1)(N(C)C)N(C)C. The number of hydrogen-bond acceptors (Lipinski definition) is 5. The van der Waals surface area contributed by atoms with E-state index in [2.05, 4.69) is 230 Å². The number of aliphatic hydroxyl groups excluding tert-OH is 1. The van der Waals surface area contributed by atoms with Gasteiger partial charge in [0.15, 0.2) is 0 Å². The molecule has 0 heterocycles. The third kappa shape index (κ3) is 10.4. The molecule has 314 valence electrons. The van der Waals surface area contributed by atoms with Gasteiger partial charge in [-0.05, 0) is 0 Å². The monoisotopic (exact) mass is 847 g/mol. The molecule has 0 atom stereocenters. The molecule has 0 aromatic heterocycles. The van der Waals surface area contributed by atoms with E-state index in [1.807, 2.05) is 12.1 Å². The van der Waals surface area contributed by atoms with Gasteiger partial charge < -0.3 is 0 Å². The fourth-order valence-electron chi connectivity index (χ4n) is 7.20. The molecule has 1 N–H and O–H groups in total. The van der Waals surface area contributed by atoms with E-state index < -0.39 is 37.9 Å². The number of rotatable bonds is 19. The standard InChI is InChI=1S/C31H79N16OP5/c1-36(2)50(37(3)4,38(5)6)32-49(33-51(39(7)8,40(9)10)41(11)12,34-52(42(13)14,43(15)16)44(17)18)35-53(45(19)20,46(21)22)47(23)28-30-24-26-31(29-48)27-25-30/h24-27,48-49H,28-29H2,1-23H3. The molecule has 0 unspecified atom stereocenters. The van der Waals surface area contributed by atoms with Crippen LogP contribution in [0.25, 0.3) is 0 Å². The van der Waals surface area contributed by atoms with Crippen LogP contribution in [0.3, 0.4) is 0 Å². The molecule has 0 spiro atoms. The molecule has 0 bridgehead atoms. The van der Waals surface area contributed by atoms with Gasteiger partial charge in [0.1, 0.15) is 0 Å². The van der Waals surface area contributed by atoms with Crippen LogP contribution in [-0.4, -0.2) is 223 Å². The second-order valence-corrected chi connectivity index (χ2v) is 33.4. The Morgan fingerprint density at radius 3 is 0.792 bits per heavy atom. The van der Waals surface area contributed by atoms with E-state index in [0.717, 1.165) is 11.1 Å². The van der Waals surface area contributed by atoms with Gasteiger partial charge in [0.2, 0.25) is 0 Å². The number of aliphatic hydroxyl groups is 1. The topological polar surface area (TPSA) is 109 Å². The maximum absolute atomic E-state index is 9.76. The molecule has 0 saturated carbocycles. The minimum absolute atomic E-state index is 0.00781. The maximum atomic E-state index is 9.76. The van der Waals surface area contributed by atoms with Gasteiger partial charge in [0.25, 0.3) is 0 Å². The van der Waals surface area contributed by atoms with Gasteiger partial charge in [-0.1, -0.05) is 0 Å². The van der Waals surface area contributed by atoms with Crippen LogP contribution in [-0.2, 0) is 13.2 Å². The number of nitrogens with zero attached hydrogens (tertiary/aromatic N) is 16. The van der Waals surface area contributed by atoms with Crippen LogP contribution in [0.4, 0.5) is 0 Å². The van der Waals surface area contributed by atoms with Gasteiger partial charge in [0, 0.05) is 0 Å². The van der Waals surface area contributed by atoms with E-state index in [1.54, 1.807) is 0 Å². The Bertz CT molecular complexity index is 1330. The molecule has 17 nitrogen and oxygen atoms in total. The van der Waals surface area contributed by atoms with Crippen molar-refractivity contribution in [2.45, 2.75) is 13.2 Å². The molecule has 0 amide bonds. The van der Waals surface area contributed by atoms with E-state index in [1.165, 1.54) is 0 Å². The van der Waals surface area contributed by atoms with Crippen molar-refractivity contribution in [2.24, 2.45) is 18.1 Å². The summed E-state index contributed by atoms with van der Waals surface area (Å²) in [7, 11) is 33.7. The molecule has 0 aliphatic carbocycles. The summed E-state index contributed by atoms with van der Waals surface area (Å²) >= 11 is 0. The molecular weight excluding hydrogens is 767 g/mol. The van der Waals surface area contributed by atoms with Crippen molar-refractivity contribution in [1.29, 1.82) is 0 Å². The summed E-state index contributed by atoms with van der Waals surface area (Å²) in [5.41, 5.74) is 2.01. The second kappa shape index (κ2) is 20.1. The predicted molar refractivity (Wildman–Crippen MR) is 240 cm³/mol. The van der Waals surface area contributed by atoms with E-state index >= 15 is 0 Å². The Kier molecular flexibility index (Phi) is 19.4. The summed E-state index contributed by atoms with van der Waals surface area (Å²) < 4.78 is 52.0. The summed E-state index contributed by atoms with van der Waals surface area (Å²) in [4.78, 5) is 0. The molecule has 1 aromatic rings. The van der Waals surface area contributed by atoms with Crippen LogP contribution in [0.2, 0.25) is 0 Å². The fourth-order valence-corrected chi connectivity index (χ4v) is 33.3. The minimum atomic E-state index is -4.06. The van der Waals surface area contributed by atoms with Crippen LogP contribution < -0.4 is 0 Å². The van der Waals surface area contributed by atoms with E-state index in [9.17, 15) is 5.11 Å². The van der Waals surface area contributed by atoms with E-state index in [4.69, 9.17) is 18.1 Å². The summed E-state index contributed by atoms with van der Waals surface area (Å²) in [6, 6.07) is 8.16. The zero-order valence-corrected chi connectivity index (χ0v) is 42.2. The summed E-state index contributed by atoms with van der Waals surface area (Å²) in [5.74, 6) is 0. The van der Waals surface area contributed by atoms with Gasteiger partial charge in [-0.2, -0.15) is 0 Å². The van der Waals surface area contributed by atoms with Crippen molar-refractivity contribution >= 4 is 37.9 Å². The number of benzene rings is 1. The van der Waals surface area contributed by atoms with Crippen molar-refractivity contribution in [3.8, 4) is 0 Å². The van der Waals surface area contributed by atoms with Crippen LogP contribution in [0.15, 0.2) is 42.3 Å². The molecule has 0 radical (unpaired) electrons. The van der Waals surface area contributed by atoms with Crippen molar-refractivity contribution in [1.82, 2.24) is 56.0 Å². The Labute approximate surface area is 326 Å². The number of hydrogen-bond donors (Lipinski definition) is 1. The molecule has 0 aliphatic rings. The van der Waals surface area contributed by atoms with Gasteiger partial charge >= 0.3 is 328 Å². The third-order valence-corrected chi connectivity index (χ3v) is 30.5. The second-order valence-electron chi connectivity index (χ2n) is 15.3. The molecule has 1 rings (SSSR count). The van der Waals surface area contributed by atoms with E-state index in [0.29, 0.717) is 6.54 Å². The zero-order chi connectivity index (χ0) is 41.7. The molecular formula is C31H79N16OP5. The molecule has 1 aromatic carbocycles. The quantitative estimate of drug-likeness (QED) is 0.165. The first-order valence-corrected chi connectivity index (χ1v) is 25.7. The predicted octanol–water partition coefficient (Wildman–Crippen LogP) is 5.98. The first kappa shape index (κ1) is 51.1. The Morgan fingerprint density at radius 1 is 0.377 bits per heavy atom. The first-order chi connectivity index (χ1) is 24.1. The van der Waals surface area contributed by atoms with Crippen LogP contribution in [0.1, 0.15) is 11.1 Å². The summed E-state index contributed by atoms with van der Waals surface area (Å²) in [5, 5.41) is 9.76. The molecule has 22 heteroatoms. The van der Waals surface area contributed by atoms with Crippen molar-refractivity contribution in [3.05, 3.63) is 35.4 Å². The first-order valence-electron chi connectivity index (χ1n) is 17.5. The summed E-state index contributed by atoms with van der Waals surface area (Å²) in [6.07, 6.45) is 0. The average molecular weight is 847 g/mol. The van der Waals surface area contributed by atoms with Gasteiger partial charge in [0.05, 0.1) is 0 Å². The molecule has 0 saturated heterocycles. The van der Waals surface area contributed by atoms with Crippen molar-refractivity contribution in [3.63, 3.8) is 0 Å².